The zero-order chi connectivity index (χ0) is 16.4. The number of fused-ring (bicyclic) bond motifs is 1. The third-order valence-electron chi connectivity index (χ3n) is 4.52. The minimum atomic E-state index is 0.425. The molecule has 0 radical (unpaired) electrons. The second kappa shape index (κ2) is 6.34. The molecule has 1 aromatic carbocycles. The highest BCUT2D eigenvalue weighted by molar-refractivity contribution is 5.84. The Morgan fingerprint density at radius 2 is 2.04 bits per heavy atom. The van der Waals surface area contributed by atoms with Crippen molar-refractivity contribution >= 4 is 11.9 Å². The lowest BCUT2D eigenvalue weighted by molar-refractivity contribution is 0.735. The fourth-order valence-corrected chi connectivity index (χ4v) is 2.99. The molecule has 0 aliphatic rings. The molecule has 0 fully saturated rings. The molecule has 2 heterocycles. The van der Waals surface area contributed by atoms with Crippen LogP contribution in [0.1, 0.15) is 43.0 Å². The molecule has 3 rings (SSSR count). The van der Waals surface area contributed by atoms with Crippen molar-refractivity contribution in [2.24, 2.45) is 5.73 Å². The molecule has 0 spiro atoms. The fourth-order valence-electron chi connectivity index (χ4n) is 2.99. The largest absolute Gasteiger partial charge is 0.325 e. The first kappa shape index (κ1) is 15.4. The van der Waals surface area contributed by atoms with Crippen LogP contribution in [0.5, 0.6) is 0 Å². The van der Waals surface area contributed by atoms with Crippen LogP contribution in [0.3, 0.4) is 0 Å². The van der Waals surface area contributed by atoms with Crippen molar-refractivity contribution in [2.75, 3.05) is 0 Å². The molecule has 3 aromatic rings. The van der Waals surface area contributed by atoms with Gasteiger partial charge >= 0.3 is 0 Å². The van der Waals surface area contributed by atoms with Gasteiger partial charge in [-0.05, 0) is 47.2 Å². The summed E-state index contributed by atoms with van der Waals surface area (Å²) in [6.07, 6.45) is 6.22. The van der Waals surface area contributed by atoms with Gasteiger partial charge in [0.2, 0.25) is 0 Å². The Morgan fingerprint density at radius 1 is 1.26 bits per heavy atom. The highest BCUT2D eigenvalue weighted by Gasteiger charge is 2.15. The maximum absolute atomic E-state index is 7.52. The molecule has 2 aromatic heterocycles. The smallest absolute Gasteiger partial charge is 0.144 e. The molecule has 0 amide bonds. The van der Waals surface area contributed by atoms with Crippen LogP contribution in [0, 0.1) is 5.41 Å². The maximum Gasteiger partial charge on any atom is 0.144 e. The van der Waals surface area contributed by atoms with E-state index < -0.39 is 0 Å². The summed E-state index contributed by atoms with van der Waals surface area (Å²) in [5.74, 6) is 0.425. The summed E-state index contributed by atoms with van der Waals surface area (Å²) in [5.41, 5.74) is 12.3. The lowest BCUT2D eigenvalue weighted by atomic mass is 9.89. The molecule has 0 aliphatic carbocycles. The molecule has 0 saturated carbocycles. The van der Waals surface area contributed by atoms with Gasteiger partial charge in [-0.1, -0.05) is 26.0 Å². The van der Waals surface area contributed by atoms with Crippen LogP contribution in [0.25, 0.3) is 16.8 Å². The number of benzene rings is 1. The summed E-state index contributed by atoms with van der Waals surface area (Å²) in [4.78, 5) is 4.54. The van der Waals surface area contributed by atoms with Gasteiger partial charge in [-0.25, -0.2) is 4.98 Å². The fraction of sp³-hybridized carbons (Fsp3) is 0.263. The van der Waals surface area contributed by atoms with E-state index >= 15 is 0 Å². The number of hydrogen-bond donors (Lipinski definition) is 2. The van der Waals surface area contributed by atoms with E-state index in [2.05, 4.69) is 47.5 Å². The van der Waals surface area contributed by atoms with E-state index in [1.807, 2.05) is 18.5 Å². The van der Waals surface area contributed by atoms with E-state index in [1.54, 1.807) is 0 Å². The first-order chi connectivity index (χ1) is 11.2. The van der Waals surface area contributed by atoms with Gasteiger partial charge in [0, 0.05) is 36.4 Å². The van der Waals surface area contributed by atoms with Crippen LogP contribution in [0.2, 0.25) is 0 Å². The Balaban J connectivity index is 2.26. The summed E-state index contributed by atoms with van der Waals surface area (Å²) in [7, 11) is 0. The number of nitrogens with two attached hydrogens (primary N) is 1. The zero-order valence-electron chi connectivity index (χ0n) is 13.6. The highest BCUT2D eigenvalue weighted by Crippen LogP contribution is 2.34. The molecule has 0 aliphatic heterocycles. The Hall–Kier alpha value is -2.46. The van der Waals surface area contributed by atoms with Crippen LogP contribution < -0.4 is 5.73 Å². The van der Waals surface area contributed by atoms with Crippen molar-refractivity contribution in [3.8, 4) is 11.1 Å². The molecule has 0 saturated heterocycles. The van der Waals surface area contributed by atoms with E-state index in [4.69, 9.17) is 11.1 Å². The van der Waals surface area contributed by atoms with Crippen LogP contribution in [-0.4, -0.2) is 15.6 Å². The van der Waals surface area contributed by atoms with Gasteiger partial charge in [-0.2, -0.15) is 0 Å². The molecule has 4 nitrogen and oxygen atoms in total. The highest BCUT2D eigenvalue weighted by atomic mass is 15.0. The second-order valence-corrected chi connectivity index (χ2v) is 5.86. The monoisotopic (exact) mass is 306 g/mol. The Bertz CT molecular complexity index is 848. The average Bonchev–Trinajstić information content (AvgIpc) is 3.09. The SMILES string of the molecule is CCC(C)c1cc(C=N)ccc1-c1ccc(CN)n2ccnc12. The Kier molecular flexibility index (Phi) is 4.26. The standard InChI is InChI=1S/C19H22N4/c1-3-13(2)18-10-14(11-20)4-6-16(18)17-7-5-15(12-21)23-9-8-22-19(17)23/h4-11,13,20H,3,12,21H2,1-2H3. The van der Waals surface area contributed by atoms with Crippen LogP contribution in [0.4, 0.5) is 0 Å². The number of aromatic nitrogens is 2. The van der Waals surface area contributed by atoms with Crippen LogP contribution >= 0.6 is 0 Å². The summed E-state index contributed by atoms with van der Waals surface area (Å²) in [6.45, 7) is 4.90. The van der Waals surface area contributed by atoms with Gasteiger partial charge in [0.25, 0.3) is 0 Å². The third kappa shape index (κ3) is 2.66. The second-order valence-electron chi connectivity index (χ2n) is 5.86. The van der Waals surface area contributed by atoms with Gasteiger partial charge < -0.3 is 15.5 Å². The zero-order valence-corrected chi connectivity index (χ0v) is 13.6. The number of nitrogens with one attached hydrogen (secondary N) is 1. The van der Waals surface area contributed by atoms with Gasteiger partial charge in [0.1, 0.15) is 5.65 Å². The molecule has 23 heavy (non-hydrogen) atoms. The van der Waals surface area contributed by atoms with Gasteiger partial charge in [0.05, 0.1) is 0 Å². The molecule has 4 heteroatoms. The first-order valence-electron chi connectivity index (χ1n) is 7.99. The summed E-state index contributed by atoms with van der Waals surface area (Å²) in [6, 6.07) is 10.4. The Labute approximate surface area is 136 Å². The minimum absolute atomic E-state index is 0.425. The molecular formula is C19H22N4. The van der Waals surface area contributed by atoms with Crippen LogP contribution in [-0.2, 0) is 6.54 Å². The normalized spacial score (nSPS) is 12.5. The number of rotatable bonds is 5. The predicted octanol–water partition coefficient (Wildman–Crippen LogP) is 3.97. The van der Waals surface area contributed by atoms with Gasteiger partial charge in [0.15, 0.2) is 0 Å². The summed E-state index contributed by atoms with van der Waals surface area (Å²) >= 11 is 0. The quantitative estimate of drug-likeness (QED) is 0.700. The van der Waals surface area contributed by atoms with Crippen LogP contribution in [0.15, 0.2) is 42.7 Å². The summed E-state index contributed by atoms with van der Waals surface area (Å²) < 4.78 is 2.06. The van der Waals surface area contributed by atoms with Crippen molar-refractivity contribution < 1.29 is 0 Å². The molecular weight excluding hydrogens is 284 g/mol. The van der Waals surface area contributed by atoms with E-state index in [-0.39, 0.29) is 0 Å². The molecule has 1 atom stereocenters. The minimum Gasteiger partial charge on any atom is -0.325 e. The lowest BCUT2D eigenvalue weighted by Crippen LogP contribution is -2.05. The molecule has 3 N–H and O–H groups in total. The van der Waals surface area contributed by atoms with Crippen molar-refractivity contribution in [2.45, 2.75) is 32.7 Å². The number of nitrogens with zero attached hydrogens (tertiary/aromatic N) is 2. The Morgan fingerprint density at radius 3 is 2.74 bits per heavy atom. The molecule has 0 bridgehead atoms. The van der Waals surface area contributed by atoms with E-state index in [0.29, 0.717) is 12.5 Å². The average molecular weight is 306 g/mol. The molecule has 118 valence electrons. The maximum atomic E-state index is 7.52. The van der Waals surface area contributed by atoms with Gasteiger partial charge in [-0.3, -0.25) is 0 Å². The van der Waals surface area contributed by atoms with Gasteiger partial charge in [-0.15, -0.1) is 0 Å². The van der Waals surface area contributed by atoms with E-state index in [9.17, 15) is 0 Å². The van der Waals surface area contributed by atoms with E-state index in [1.165, 1.54) is 17.3 Å². The van der Waals surface area contributed by atoms with Crippen molar-refractivity contribution in [3.63, 3.8) is 0 Å². The number of imidazole rings is 1. The van der Waals surface area contributed by atoms with Crippen molar-refractivity contribution in [1.82, 2.24) is 9.38 Å². The predicted molar refractivity (Wildman–Crippen MR) is 95.1 cm³/mol. The summed E-state index contributed by atoms with van der Waals surface area (Å²) in [5, 5.41) is 7.52. The molecule has 1 unspecified atom stereocenters. The van der Waals surface area contributed by atoms with E-state index in [0.717, 1.165) is 28.9 Å². The van der Waals surface area contributed by atoms with Crippen molar-refractivity contribution in [3.05, 3.63) is 59.5 Å². The van der Waals surface area contributed by atoms with Crippen molar-refractivity contribution in [1.29, 1.82) is 5.41 Å². The third-order valence-corrected chi connectivity index (χ3v) is 4.52. The number of pyridine rings is 1. The number of hydrogen-bond acceptors (Lipinski definition) is 3. The lowest BCUT2D eigenvalue weighted by Gasteiger charge is -2.17. The first-order valence-corrected chi connectivity index (χ1v) is 7.99. The topological polar surface area (TPSA) is 67.2 Å².